The summed E-state index contributed by atoms with van der Waals surface area (Å²) in [4.78, 5) is 14.8. The highest BCUT2D eigenvalue weighted by atomic mass is 35.5. The van der Waals surface area contributed by atoms with Crippen molar-refractivity contribution in [2.24, 2.45) is 0 Å². The molecule has 0 amide bonds. The Morgan fingerprint density at radius 1 is 1.07 bits per heavy atom. The molecule has 1 aromatic heterocycles. The number of hydrogen-bond acceptors (Lipinski definition) is 2. The van der Waals surface area contributed by atoms with Gasteiger partial charge >= 0.3 is 0 Å². The topological polar surface area (TPSA) is 58.9 Å². The van der Waals surface area contributed by atoms with Gasteiger partial charge in [-0.05, 0) is 46.9 Å². The molecule has 6 heteroatoms. The molecular weight excluding hydrogens is 395 g/mol. The fraction of sp³-hybridized carbons (Fsp3) is 0.182. The van der Waals surface area contributed by atoms with Gasteiger partial charge in [0.15, 0.2) is 0 Å². The van der Waals surface area contributed by atoms with Gasteiger partial charge < -0.3 is 4.98 Å². The van der Waals surface area contributed by atoms with Crippen LogP contribution in [0.15, 0.2) is 48.5 Å². The lowest BCUT2D eigenvalue weighted by molar-refractivity contribution is -0.481. The van der Waals surface area contributed by atoms with E-state index in [1.165, 1.54) is 0 Å². The minimum atomic E-state index is -0.488. The largest absolute Gasteiger partial charge is 0.355 e. The summed E-state index contributed by atoms with van der Waals surface area (Å²) in [6, 6.07) is 15.1. The van der Waals surface area contributed by atoms with Crippen molar-refractivity contribution in [3.05, 3.63) is 90.4 Å². The van der Waals surface area contributed by atoms with Gasteiger partial charge in [-0.25, -0.2) is 0 Å². The van der Waals surface area contributed by atoms with E-state index in [2.05, 4.69) is 17.1 Å². The Kier molecular flexibility index (Phi) is 5.25. The molecule has 0 fully saturated rings. The second kappa shape index (κ2) is 7.82. The summed E-state index contributed by atoms with van der Waals surface area (Å²) in [6.07, 6.45) is 6.16. The number of nitro groups is 1. The third-order valence-corrected chi connectivity index (χ3v) is 5.62. The van der Waals surface area contributed by atoms with Crippen LogP contribution in [0.5, 0.6) is 0 Å². The van der Waals surface area contributed by atoms with E-state index in [-0.39, 0.29) is 11.5 Å². The van der Waals surface area contributed by atoms with Crippen molar-refractivity contribution >= 4 is 35.4 Å². The summed E-state index contributed by atoms with van der Waals surface area (Å²) in [7, 11) is 0. The lowest BCUT2D eigenvalue weighted by Gasteiger charge is -2.17. The van der Waals surface area contributed by atoms with Crippen molar-refractivity contribution in [2.75, 3.05) is 6.54 Å². The van der Waals surface area contributed by atoms with Crippen molar-refractivity contribution in [3.8, 4) is 11.3 Å². The highest BCUT2D eigenvalue weighted by Crippen LogP contribution is 2.35. The number of fused-ring (bicyclic) bond motifs is 1. The molecule has 1 heterocycles. The summed E-state index contributed by atoms with van der Waals surface area (Å²) in [5.41, 5.74) is 3.52. The summed E-state index contributed by atoms with van der Waals surface area (Å²) in [6.45, 7) is -0.251. The van der Waals surface area contributed by atoms with E-state index in [9.17, 15) is 10.1 Å². The molecule has 28 heavy (non-hydrogen) atoms. The Morgan fingerprint density at radius 2 is 1.82 bits per heavy atom. The maximum atomic E-state index is 11.6. The second-order valence-corrected chi connectivity index (χ2v) is 7.67. The first kappa shape index (κ1) is 18.8. The molecule has 0 spiro atoms. The van der Waals surface area contributed by atoms with Crippen molar-refractivity contribution in [1.82, 2.24) is 4.98 Å². The normalized spacial score (nSPS) is 13.9. The lowest BCUT2D eigenvalue weighted by atomic mass is 9.87. The van der Waals surface area contributed by atoms with Gasteiger partial charge in [0.1, 0.15) is 0 Å². The van der Waals surface area contributed by atoms with Crippen LogP contribution in [0.3, 0.4) is 0 Å². The van der Waals surface area contributed by atoms with Gasteiger partial charge in [-0.2, -0.15) is 0 Å². The number of halogens is 2. The molecule has 0 saturated heterocycles. The predicted octanol–water partition coefficient (Wildman–Crippen LogP) is 4.75. The third kappa shape index (κ3) is 3.58. The number of aromatic amines is 1. The monoisotopic (exact) mass is 412 g/mol. The Bertz CT molecular complexity index is 1150. The van der Waals surface area contributed by atoms with E-state index in [1.54, 1.807) is 18.2 Å². The smallest absolute Gasteiger partial charge is 0.214 e. The molecule has 3 aromatic rings. The fourth-order valence-corrected chi connectivity index (χ4v) is 4.40. The van der Waals surface area contributed by atoms with E-state index in [4.69, 9.17) is 23.2 Å². The molecule has 142 valence electrons. The maximum absolute atomic E-state index is 11.6. The average molecular weight is 413 g/mol. The van der Waals surface area contributed by atoms with Gasteiger partial charge in [0.2, 0.25) is 6.54 Å². The Morgan fingerprint density at radius 3 is 2.54 bits per heavy atom. The van der Waals surface area contributed by atoms with Crippen molar-refractivity contribution < 1.29 is 4.92 Å². The molecule has 0 saturated carbocycles. The molecule has 4 rings (SSSR count). The van der Waals surface area contributed by atoms with Gasteiger partial charge in [-0.1, -0.05) is 71.8 Å². The molecule has 1 atom stereocenters. The number of rotatable bonds is 5. The summed E-state index contributed by atoms with van der Waals surface area (Å²) in [5.74, 6) is -0.488. The van der Waals surface area contributed by atoms with E-state index >= 15 is 0 Å². The Labute approximate surface area is 172 Å². The zero-order valence-electron chi connectivity index (χ0n) is 15.0. The van der Waals surface area contributed by atoms with Crippen LogP contribution in [0.25, 0.3) is 23.4 Å². The highest BCUT2D eigenvalue weighted by Gasteiger charge is 2.28. The van der Waals surface area contributed by atoms with Gasteiger partial charge in [-0.15, -0.1) is 0 Å². The molecule has 1 aliphatic rings. The number of H-pyrrole nitrogens is 1. The third-order valence-electron chi connectivity index (χ3n) is 5.05. The zero-order valence-corrected chi connectivity index (χ0v) is 16.5. The first-order valence-electron chi connectivity index (χ1n) is 9.09. The van der Waals surface area contributed by atoms with Gasteiger partial charge in [-0.3, -0.25) is 10.1 Å². The molecule has 4 nitrogen and oxygen atoms in total. The number of aromatic nitrogens is 1. The van der Waals surface area contributed by atoms with Crippen LogP contribution in [0.2, 0.25) is 10.0 Å². The fourth-order valence-electron chi connectivity index (χ4n) is 3.86. The first-order valence-corrected chi connectivity index (χ1v) is 9.84. The van der Waals surface area contributed by atoms with Crippen LogP contribution in [0, 0.1) is 10.1 Å². The van der Waals surface area contributed by atoms with E-state index in [1.807, 2.05) is 30.3 Å². The van der Waals surface area contributed by atoms with Crippen LogP contribution in [-0.2, 0) is 0 Å². The van der Waals surface area contributed by atoms with Crippen LogP contribution < -0.4 is 10.6 Å². The van der Waals surface area contributed by atoms with Crippen LogP contribution >= 0.6 is 23.2 Å². The number of nitrogens with one attached hydrogen (secondary N) is 1. The van der Waals surface area contributed by atoms with E-state index < -0.39 is 5.92 Å². The average Bonchev–Trinajstić information content (AvgIpc) is 3.06. The van der Waals surface area contributed by atoms with Gasteiger partial charge in [0.25, 0.3) is 0 Å². The maximum Gasteiger partial charge on any atom is 0.214 e. The molecule has 1 N–H and O–H groups in total. The summed E-state index contributed by atoms with van der Waals surface area (Å²) >= 11 is 12.5. The number of nitrogens with zero attached hydrogens (tertiary/aromatic N) is 1. The van der Waals surface area contributed by atoms with Crippen molar-refractivity contribution in [2.45, 2.75) is 18.8 Å². The quantitative estimate of drug-likeness (QED) is 0.485. The predicted molar refractivity (Wildman–Crippen MR) is 114 cm³/mol. The molecule has 1 unspecified atom stereocenters. The minimum Gasteiger partial charge on any atom is -0.355 e. The summed E-state index contributed by atoms with van der Waals surface area (Å²) < 4.78 is 0. The molecule has 0 bridgehead atoms. The highest BCUT2D eigenvalue weighted by molar-refractivity contribution is 6.35. The van der Waals surface area contributed by atoms with E-state index in [0.717, 1.165) is 40.2 Å². The Balaban J connectivity index is 2.01. The second-order valence-electron chi connectivity index (χ2n) is 6.83. The lowest BCUT2D eigenvalue weighted by Crippen LogP contribution is -2.30. The first-order chi connectivity index (χ1) is 13.5. The van der Waals surface area contributed by atoms with Crippen LogP contribution in [0.1, 0.15) is 29.9 Å². The SMILES string of the molecule is O=[N+]([O-])CC(c1ccc(Cl)cc1Cl)c1c(-c2ccccc2)[nH]c2c1=CCCC=2. The van der Waals surface area contributed by atoms with Crippen molar-refractivity contribution in [3.63, 3.8) is 0 Å². The molecule has 0 radical (unpaired) electrons. The van der Waals surface area contributed by atoms with Gasteiger partial charge in [0, 0.05) is 20.3 Å². The van der Waals surface area contributed by atoms with Crippen LogP contribution in [-0.4, -0.2) is 16.5 Å². The van der Waals surface area contributed by atoms with Gasteiger partial charge in [0.05, 0.1) is 11.6 Å². The number of hydrogen-bond donors (Lipinski definition) is 1. The molecule has 2 aromatic carbocycles. The summed E-state index contributed by atoms with van der Waals surface area (Å²) in [5, 5.41) is 14.6. The van der Waals surface area contributed by atoms with E-state index in [0.29, 0.717) is 15.6 Å². The minimum absolute atomic E-state index is 0.251. The standard InChI is InChI=1S/C22H18Cl2N2O2/c23-15-10-11-16(19(24)12-15)18(13-26(27)28)21-17-8-4-5-9-20(17)25-22(21)14-6-2-1-3-7-14/h1-3,6-12,18,25H,4-5,13H2. The van der Waals surface area contributed by atoms with Crippen molar-refractivity contribution in [1.29, 1.82) is 0 Å². The molecule has 1 aliphatic carbocycles. The molecular formula is C22H18Cl2N2O2. The number of benzene rings is 2. The Hall–Kier alpha value is -2.56. The zero-order chi connectivity index (χ0) is 19.7. The van der Waals surface area contributed by atoms with Crippen LogP contribution in [0.4, 0.5) is 0 Å². The molecule has 0 aliphatic heterocycles.